The maximum absolute atomic E-state index is 11.2. The van der Waals surface area contributed by atoms with E-state index >= 15 is 0 Å². The fraction of sp³-hybridized carbons (Fsp3) is 0.533. The molecule has 0 amide bonds. The average molecular weight is 372 g/mol. The minimum absolute atomic E-state index is 0. The molecule has 0 aromatic heterocycles. The Morgan fingerprint density at radius 2 is 1.78 bits per heavy atom. The van der Waals surface area contributed by atoms with Crippen LogP contribution >= 0.6 is 0 Å². The van der Waals surface area contributed by atoms with Crippen molar-refractivity contribution in [1.29, 1.82) is 0 Å². The number of benzene rings is 1. The smallest absolute Gasteiger partial charge is 1.00 e. The molecule has 0 atom stereocenters. The van der Waals surface area contributed by atoms with Crippen molar-refractivity contribution in [2.24, 2.45) is 0 Å². The summed E-state index contributed by atoms with van der Waals surface area (Å²) < 4.78 is 29.3. The Morgan fingerprint density at radius 3 is 2.13 bits per heavy atom. The van der Waals surface area contributed by atoms with Gasteiger partial charge >= 0.3 is 35.5 Å². The Labute approximate surface area is 167 Å². The van der Waals surface area contributed by atoms with E-state index < -0.39 is 9.05 Å². The third-order valence-electron chi connectivity index (χ3n) is 3.26. The van der Waals surface area contributed by atoms with Crippen LogP contribution in [-0.2, 0) is 30.5 Å². The first-order valence-electron chi connectivity index (χ1n) is 6.78. The zero-order valence-corrected chi connectivity index (χ0v) is 18.4. The monoisotopic (exact) mass is 372 g/mol. The molecule has 1 aromatic rings. The molecular formula is C15H25NaO5S2. The molecule has 0 aliphatic heterocycles. The van der Waals surface area contributed by atoms with Gasteiger partial charge in [-0.25, -0.2) is 0 Å². The summed E-state index contributed by atoms with van der Waals surface area (Å²) in [5, 5.41) is 0. The predicted molar refractivity (Wildman–Crippen MR) is 92.4 cm³/mol. The van der Waals surface area contributed by atoms with E-state index in [0.717, 1.165) is 17.5 Å². The van der Waals surface area contributed by atoms with E-state index in [1.807, 2.05) is 13.0 Å². The van der Waals surface area contributed by atoms with Crippen molar-refractivity contribution >= 4 is 26.2 Å². The van der Waals surface area contributed by atoms with E-state index in [-0.39, 0.29) is 42.4 Å². The first kappa shape index (κ1) is 25.2. The molecule has 0 aliphatic carbocycles. The summed E-state index contributed by atoms with van der Waals surface area (Å²) in [6.45, 7) is 12.0. The van der Waals surface area contributed by atoms with Crippen molar-refractivity contribution in [3.8, 4) is 5.75 Å². The molecule has 23 heavy (non-hydrogen) atoms. The molecule has 0 saturated carbocycles. The first-order valence-corrected chi connectivity index (χ1v) is 9.17. The number of esters is 1. The molecular weight excluding hydrogens is 347 g/mol. The van der Waals surface area contributed by atoms with E-state index in [9.17, 15) is 4.79 Å². The summed E-state index contributed by atoms with van der Waals surface area (Å²) >= 11 is 3.47. The van der Waals surface area contributed by atoms with Gasteiger partial charge in [0.2, 0.25) is 0 Å². The topological polar surface area (TPSA) is 83.8 Å². The molecule has 0 heterocycles. The van der Waals surface area contributed by atoms with Gasteiger partial charge < -0.3 is 6.16 Å². The fourth-order valence-electron chi connectivity index (χ4n) is 2.21. The number of carbonyl (C=O) groups is 1. The molecule has 0 aliphatic rings. The van der Waals surface area contributed by atoms with E-state index in [4.69, 9.17) is 18.1 Å². The van der Waals surface area contributed by atoms with E-state index in [1.54, 1.807) is 0 Å². The first-order chi connectivity index (χ1) is 9.77. The SMILES string of the molecule is CCC(C)(C)c1c(C)cc(C)cc1OC(C)=O.O=S(O)(O)=S.[H-].[Na+]. The molecule has 0 spiro atoms. The van der Waals surface area contributed by atoms with Crippen LogP contribution in [0.2, 0.25) is 0 Å². The van der Waals surface area contributed by atoms with Crippen LogP contribution in [0.25, 0.3) is 0 Å². The molecule has 1 aromatic carbocycles. The summed E-state index contributed by atoms with van der Waals surface area (Å²) in [6.07, 6.45) is 1.01. The predicted octanol–water partition coefficient (Wildman–Crippen LogP) is 0.712. The number of aryl methyl sites for hydroxylation is 2. The Morgan fingerprint density at radius 1 is 1.35 bits per heavy atom. The van der Waals surface area contributed by atoms with E-state index in [1.165, 1.54) is 12.5 Å². The Bertz CT molecular complexity index is 638. The Kier molecular flexibility index (Phi) is 11.1. The van der Waals surface area contributed by atoms with Gasteiger partial charge in [-0.15, -0.1) is 0 Å². The fourth-order valence-corrected chi connectivity index (χ4v) is 2.21. The summed E-state index contributed by atoms with van der Waals surface area (Å²) in [7, 11) is -3.83. The number of ether oxygens (including phenoxy) is 1. The van der Waals surface area contributed by atoms with Gasteiger partial charge in [0.05, 0.1) is 0 Å². The van der Waals surface area contributed by atoms with Crippen LogP contribution in [0.15, 0.2) is 12.1 Å². The molecule has 0 fully saturated rings. The minimum atomic E-state index is -3.83. The van der Waals surface area contributed by atoms with Gasteiger partial charge in [-0.1, -0.05) is 26.8 Å². The van der Waals surface area contributed by atoms with Crippen LogP contribution in [0.5, 0.6) is 5.75 Å². The van der Waals surface area contributed by atoms with E-state index in [0.29, 0.717) is 5.75 Å². The summed E-state index contributed by atoms with van der Waals surface area (Å²) in [4.78, 5) is 11.2. The molecule has 0 saturated heterocycles. The van der Waals surface area contributed by atoms with E-state index in [2.05, 4.69) is 44.9 Å². The van der Waals surface area contributed by atoms with Gasteiger partial charge in [-0.2, -0.15) is 4.21 Å². The quantitative estimate of drug-likeness (QED) is 0.462. The van der Waals surface area contributed by atoms with Gasteiger partial charge in [0.25, 0.3) is 9.05 Å². The summed E-state index contributed by atoms with van der Waals surface area (Å²) in [6, 6.07) is 4.08. The van der Waals surface area contributed by atoms with Crippen LogP contribution in [0.4, 0.5) is 0 Å². The second kappa shape index (κ2) is 10.1. The van der Waals surface area contributed by atoms with Gasteiger partial charge in [0.1, 0.15) is 5.75 Å². The average Bonchev–Trinajstić information content (AvgIpc) is 2.24. The Balaban J connectivity index is -0.000000554. The molecule has 0 bridgehead atoms. The van der Waals surface area contributed by atoms with Gasteiger partial charge in [-0.3, -0.25) is 13.9 Å². The van der Waals surface area contributed by atoms with Crippen LogP contribution < -0.4 is 34.3 Å². The van der Waals surface area contributed by atoms with Gasteiger partial charge in [0.15, 0.2) is 0 Å². The van der Waals surface area contributed by atoms with Crippen LogP contribution in [0.3, 0.4) is 0 Å². The molecule has 8 heteroatoms. The number of hydrogen-bond acceptors (Lipinski definition) is 4. The minimum Gasteiger partial charge on any atom is -1.00 e. The zero-order chi connectivity index (χ0) is 17.7. The third kappa shape index (κ3) is 10.4. The van der Waals surface area contributed by atoms with Crippen molar-refractivity contribution < 1.29 is 53.8 Å². The molecule has 1 rings (SSSR count). The Hall–Kier alpha value is -0.0200. The summed E-state index contributed by atoms with van der Waals surface area (Å²) in [5.74, 6) is 0.449. The third-order valence-corrected chi connectivity index (χ3v) is 3.26. The maximum Gasteiger partial charge on any atom is 1.00 e. The molecule has 128 valence electrons. The van der Waals surface area contributed by atoms with Gasteiger partial charge in [-0.05, 0) is 42.9 Å². The second-order valence-corrected chi connectivity index (χ2v) is 7.93. The standard InChI is InChI=1S/C15H22O2.Na.H2O3S2.H/c1-7-15(5,6)14-11(3)8-10(2)9-13(14)17-12(4)16;;1-5(2,3)4;/h8-9H,7H2,1-6H3;;(H2,1,2,3,4);/q;+1;;-1. The van der Waals surface area contributed by atoms with Crippen molar-refractivity contribution in [1.82, 2.24) is 0 Å². The molecule has 0 radical (unpaired) electrons. The normalized spacial score (nSPS) is 11.0. The number of hydrogen-bond donors (Lipinski definition) is 2. The van der Waals surface area contributed by atoms with Gasteiger partial charge in [0, 0.05) is 23.7 Å². The zero-order valence-electron chi connectivity index (χ0n) is 15.8. The largest absolute Gasteiger partial charge is 1.00 e. The second-order valence-electron chi connectivity index (χ2n) is 5.73. The van der Waals surface area contributed by atoms with Crippen molar-refractivity contribution in [3.05, 3.63) is 28.8 Å². The van der Waals surface area contributed by atoms with Crippen LogP contribution in [0.1, 0.15) is 52.2 Å². The van der Waals surface area contributed by atoms with Crippen molar-refractivity contribution in [2.75, 3.05) is 0 Å². The van der Waals surface area contributed by atoms with Crippen molar-refractivity contribution in [2.45, 2.75) is 53.4 Å². The molecule has 5 nitrogen and oxygen atoms in total. The molecule has 0 unspecified atom stereocenters. The van der Waals surface area contributed by atoms with Crippen LogP contribution in [0, 0.1) is 13.8 Å². The van der Waals surface area contributed by atoms with Crippen LogP contribution in [-0.4, -0.2) is 19.3 Å². The summed E-state index contributed by atoms with van der Waals surface area (Å²) in [5.41, 5.74) is 3.46. The number of carbonyl (C=O) groups excluding carboxylic acids is 1. The molecule has 2 N–H and O–H groups in total. The maximum atomic E-state index is 11.2. The number of rotatable bonds is 3. The van der Waals surface area contributed by atoms with Crippen molar-refractivity contribution in [3.63, 3.8) is 0 Å².